The highest BCUT2D eigenvalue weighted by atomic mass is 16.3. The molecule has 0 spiro atoms. The van der Waals surface area contributed by atoms with Gasteiger partial charge >= 0.3 is 0 Å². The van der Waals surface area contributed by atoms with Crippen LogP contribution in [-0.2, 0) is 0 Å². The van der Waals surface area contributed by atoms with Gasteiger partial charge in [-0.25, -0.2) is 15.0 Å². The maximum atomic E-state index is 6.04. The molecule has 3 aromatic heterocycles. The van der Waals surface area contributed by atoms with Crippen molar-refractivity contribution in [2.75, 3.05) is 0 Å². The number of rotatable bonds is 2. The van der Waals surface area contributed by atoms with Crippen molar-refractivity contribution in [3.8, 4) is 22.8 Å². The number of nitrogens with zero attached hydrogens (tertiary/aromatic N) is 3. The zero-order valence-corrected chi connectivity index (χ0v) is 16.8. The zero-order valence-electron chi connectivity index (χ0n) is 16.8. The second-order valence-electron chi connectivity index (χ2n) is 7.69. The standard InChI is InChI=1S/C27H15N3O2/c1-3-11-20-16(7-1)24-18(9-5-13-22(24)31-20)26-28-15-29-27(30-26)19-10-6-14-23-25(19)17-8-2-4-12-21(17)32-23/h1-15H. The number of furan rings is 2. The Bertz CT molecular complexity index is 1670. The third-order valence-corrected chi connectivity index (χ3v) is 5.86. The lowest BCUT2D eigenvalue weighted by atomic mass is 10.0. The van der Waals surface area contributed by atoms with Gasteiger partial charge in [-0.2, -0.15) is 0 Å². The number of hydrogen-bond acceptors (Lipinski definition) is 5. The van der Waals surface area contributed by atoms with Crippen molar-refractivity contribution in [2.45, 2.75) is 0 Å². The van der Waals surface area contributed by atoms with Gasteiger partial charge in [-0.15, -0.1) is 0 Å². The fourth-order valence-electron chi connectivity index (χ4n) is 4.48. The summed E-state index contributed by atoms with van der Waals surface area (Å²) in [4.78, 5) is 13.9. The van der Waals surface area contributed by atoms with Gasteiger partial charge in [0, 0.05) is 32.7 Å². The maximum absolute atomic E-state index is 6.04. The van der Waals surface area contributed by atoms with E-state index in [1.165, 1.54) is 0 Å². The summed E-state index contributed by atoms with van der Waals surface area (Å²) >= 11 is 0. The third kappa shape index (κ3) is 2.42. The van der Waals surface area contributed by atoms with Crippen LogP contribution < -0.4 is 0 Å². The molecule has 0 atom stereocenters. The molecular weight excluding hydrogens is 398 g/mol. The Balaban J connectivity index is 1.49. The highest BCUT2D eigenvalue weighted by molar-refractivity contribution is 6.13. The van der Waals surface area contributed by atoms with Crippen LogP contribution in [0.3, 0.4) is 0 Å². The van der Waals surface area contributed by atoms with E-state index in [9.17, 15) is 0 Å². The van der Waals surface area contributed by atoms with Crippen LogP contribution in [0, 0.1) is 0 Å². The molecule has 4 aromatic carbocycles. The van der Waals surface area contributed by atoms with E-state index in [0.717, 1.165) is 55.0 Å². The molecule has 5 heteroatoms. The fourth-order valence-corrected chi connectivity index (χ4v) is 4.48. The molecule has 0 amide bonds. The first-order chi connectivity index (χ1) is 15.9. The third-order valence-electron chi connectivity index (χ3n) is 5.86. The normalized spacial score (nSPS) is 11.8. The first-order valence-electron chi connectivity index (χ1n) is 10.4. The van der Waals surface area contributed by atoms with Gasteiger partial charge in [0.15, 0.2) is 11.6 Å². The molecule has 150 valence electrons. The van der Waals surface area contributed by atoms with E-state index in [-0.39, 0.29) is 0 Å². The number of para-hydroxylation sites is 2. The van der Waals surface area contributed by atoms with Gasteiger partial charge in [-0.05, 0) is 24.3 Å². The average molecular weight is 413 g/mol. The smallest absolute Gasteiger partial charge is 0.164 e. The highest BCUT2D eigenvalue weighted by Gasteiger charge is 2.17. The zero-order chi connectivity index (χ0) is 21.1. The summed E-state index contributed by atoms with van der Waals surface area (Å²) < 4.78 is 12.1. The van der Waals surface area contributed by atoms with Crippen molar-refractivity contribution in [1.29, 1.82) is 0 Å². The molecule has 0 aliphatic heterocycles. The molecule has 5 nitrogen and oxygen atoms in total. The lowest BCUT2D eigenvalue weighted by Crippen LogP contribution is -1.96. The summed E-state index contributed by atoms with van der Waals surface area (Å²) in [6.07, 6.45) is 1.57. The minimum absolute atomic E-state index is 0.608. The van der Waals surface area contributed by atoms with E-state index in [1.807, 2.05) is 72.8 Å². The van der Waals surface area contributed by atoms with E-state index in [0.29, 0.717) is 11.6 Å². The van der Waals surface area contributed by atoms with Crippen LogP contribution in [0.1, 0.15) is 0 Å². The minimum Gasteiger partial charge on any atom is -0.456 e. The molecule has 0 saturated heterocycles. The Morgan fingerprint density at radius 3 is 1.47 bits per heavy atom. The van der Waals surface area contributed by atoms with E-state index >= 15 is 0 Å². The van der Waals surface area contributed by atoms with Gasteiger partial charge in [-0.3, -0.25) is 0 Å². The lowest BCUT2D eigenvalue weighted by molar-refractivity contribution is 0.668. The molecular formula is C27H15N3O2. The van der Waals surface area contributed by atoms with E-state index in [2.05, 4.69) is 22.1 Å². The maximum Gasteiger partial charge on any atom is 0.164 e. The average Bonchev–Trinajstić information content (AvgIpc) is 3.42. The van der Waals surface area contributed by atoms with Crippen LogP contribution >= 0.6 is 0 Å². The summed E-state index contributed by atoms with van der Waals surface area (Å²) in [6.45, 7) is 0. The van der Waals surface area contributed by atoms with Crippen molar-refractivity contribution in [3.05, 3.63) is 91.3 Å². The summed E-state index contributed by atoms with van der Waals surface area (Å²) in [5.41, 5.74) is 5.15. The predicted molar refractivity (Wildman–Crippen MR) is 125 cm³/mol. The fraction of sp³-hybridized carbons (Fsp3) is 0. The topological polar surface area (TPSA) is 65.0 Å². The van der Waals surface area contributed by atoms with Crippen LogP contribution in [0.15, 0.2) is 100 Å². The number of fused-ring (bicyclic) bond motifs is 6. The number of hydrogen-bond donors (Lipinski definition) is 0. The van der Waals surface area contributed by atoms with Crippen LogP contribution in [0.5, 0.6) is 0 Å². The summed E-state index contributed by atoms with van der Waals surface area (Å²) in [5, 5.41) is 4.10. The van der Waals surface area contributed by atoms with Gasteiger partial charge in [0.2, 0.25) is 0 Å². The van der Waals surface area contributed by atoms with Crippen LogP contribution in [0.25, 0.3) is 66.7 Å². The van der Waals surface area contributed by atoms with E-state index in [4.69, 9.17) is 13.8 Å². The number of aromatic nitrogens is 3. The molecule has 0 saturated carbocycles. The molecule has 0 N–H and O–H groups in total. The van der Waals surface area contributed by atoms with Gasteiger partial charge in [-0.1, -0.05) is 60.7 Å². The highest BCUT2D eigenvalue weighted by Crippen LogP contribution is 2.37. The number of benzene rings is 4. The molecule has 0 aliphatic rings. The molecule has 0 radical (unpaired) electrons. The van der Waals surface area contributed by atoms with Crippen LogP contribution in [-0.4, -0.2) is 15.0 Å². The largest absolute Gasteiger partial charge is 0.456 e. The summed E-state index contributed by atoms with van der Waals surface area (Å²) in [5.74, 6) is 1.22. The SMILES string of the molecule is c1ccc2c(c1)oc1cccc(-c3ncnc(-c4cccc5oc6ccccc6c45)n3)c12. The van der Waals surface area contributed by atoms with Gasteiger partial charge < -0.3 is 8.83 Å². The Morgan fingerprint density at radius 1 is 0.469 bits per heavy atom. The lowest BCUT2D eigenvalue weighted by Gasteiger charge is -2.06. The van der Waals surface area contributed by atoms with Crippen molar-refractivity contribution in [2.24, 2.45) is 0 Å². The molecule has 0 fully saturated rings. The Labute approximate surface area is 182 Å². The Hall–Kier alpha value is -4.51. The van der Waals surface area contributed by atoms with E-state index in [1.54, 1.807) is 6.33 Å². The summed E-state index contributed by atoms with van der Waals surface area (Å²) in [6, 6.07) is 28.0. The quantitative estimate of drug-likeness (QED) is 0.305. The molecule has 0 bridgehead atoms. The van der Waals surface area contributed by atoms with Gasteiger partial charge in [0.05, 0.1) is 0 Å². The van der Waals surface area contributed by atoms with Crippen LogP contribution in [0.4, 0.5) is 0 Å². The second kappa shape index (κ2) is 6.49. The molecule has 7 aromatic rings. The molecule has 7 rings (SSSR count). The van der Waals surface area contributed by atoms with Crippen molar-refractivity contribution in [1.82, 2.24) is 15.0 Å². The molecule has 3 heterocycles. The molecule has 0 aliphatic carbocycles. The summed E-state index contributed by atoms with van der Waals surface area (Å²) in [7, 11) is 0. The van der Waals surface area contributed by atoms with Crippen molar-refractivity contribution >= 4 is 43.9 Å². The van der Waals surface area contributed by atoms with Crippen LogP contribution in [0.2, 0.25) is 0 Å². The van der Waals surface area contributed by atoms with Gasteiger partial charge in [0.1, 0.15) is 28.7 Å². The minimum atomic E-state index is 0.608. The first kappa shape index (κ1) is 17.2. The Morgan fingerprint density at radius 2 is 0.938 bits per heavy atom. The molecule has 32 heavy (non-hydrogen) atoms. The monoisotopic (exact) mass is 413 g/mol. The van der Waals surface area contributed by atoms with E-state index < -0.39 is 0 Å². The van der Waals surface area contributed by atoms with Crippen molar-refractivity contribution in [3.63, 3.8) is 0 Å². The van der Waals surface area contributed by atoms with Gasteiger partial charge in [0.25, 0.3) is 0 Å². The second-order valence-corrected chi connectivity index (χ2v) is 7.69. The Kier molecular flexibility index (Phi) is 3.49. The van der Waals surface area contributed by atoms with Crippen molar-refractivity contribution < 1.29 is 8.83 Å². The first-order valence-corrected chi connectivity index (χ1v) is 10.4. The predicted octanol–water partition coefficient (Wildman–Crippen LogP) is 7.00. The molecule has 0 unspecified atom stereocenters.